The Bertz CT molecular complexity index is 2610. The van der Waals surface area contributed by atoms with E-state index in [4.69, 9.17) is 9.97 Å². The normalized spacial score (nSPS) is 12.6. The summed E-state index contributed by atoms with van der Waals surface area (Å²) in [7, 11) is 0. The van der Waals surface area contributed by atoms with Gasteiger partial charge in [0.2, 0.25) is 0 Å². The van der Waals surface area contributed by atoms with Crippen LogP contribution in [0.25, 0.3) is 78.1 Å². The van der Waals surface area contributed by atoms with Crippen LogP contribution in [0.5, 0.6) is 0 Å². The molecule has 0 aliphatic heterocycles. The molecule has 6 aromatic carbocycles. The first-order valence-electron chi connectivity index (χ1n) is 17.1. The molecule has 9 rings (SSSR count). The van der Waals surface area contributed by atoms with E-state index < -0.39 is 0 Å². The van der Waals surface area contributed by atoms with Gasteiger partial charge in [-0.1, -0.05) is 105 Å². The second-order valence-electron chi connectivity index (χ2n) is 13.7. The van der Waals surface area contributed by atoms with E-state index >= 15 is 0 Å². The van der Waals surface area contributed by atoms with Gasteiger partial charge in [-0.05, 0) is 104 Å². The molecule has 0 atom stereocenters. The Kier molecular flexibility index (Phi) is 7.15. The lowest BCUT2D eigenvalue weighted by atomic mass is 9.81. The molecular weight excluding hydrogens is 621 g/mol. The summed E-state index contributed by atoms with van der Waals surface area (Å²) in [5.41, 5.74) is 14.5. The Morgan fingerprint density at radius 3 is 1.82 bits per heavy atom. The van der Waals surface area contributed by atoms with Gasteiger partial charge in [0.1, 0.15) is 0 Å². The van der Waals surface area contributed by atoms with E-state index in [0.29, 0.717) is 11.4 Å². The van der Waals surface area contributed by atoms with Crippen LogP contribution >= 0.6 is 0 Å². The fourth-order valence-electron chi connectivity index (χ4n) is 7.43. The molecule has 2 aromatic heterocycles. The number of benzene rings is 6. The lowest BCUT2D eigenvalue weighted by molar-refractivity contribution is 0.660. The van der Waals surface area contributed by atoms with Crippen LogP contribution in [0.15, 0.2) is 158 Å². The molecule has 240 valence electrons. The predicted molar refractivity (Wildman–Crippen MR) is 207 cm³/mol. The van der Waals surface area contributed by atoms with E-state index in [1.165, 1.54) is 22.3 Å². The van der Waals surface area contributed by atoms with Gasteiger partial charge in [0, 0.05) is 39.9 Å². The molecule has 0 fully saturated rings. The van der Waals surface area contributed by atoms with Crippen molar-refractivity contribution < 1.29 is 0 Å². The monoisotopic (exact) mass is 652 g/mol. The molecule has 1 aliphatic rings. The van der Waals surface area contributed by atoms with Crippen LogP contribution in [0.4, 0.5) is 0 Å². The van der Waals surface area contributed by atoms with Crippen molar-refractivity contribution >= 4 is 10.8 Å². The first-order chi connectivity index (χ1) is 24.9. The maximum atomic E-state index is 9.65. The predicted octanol–water partition coefficient (Wildman–Crippen LogP) is 11.5. The molecule has 0 spiro atoms. The molecule has 4 heteroatoms. The summed E-state index contributed by atoms with van der Waals surface area (Å²) < 4.78 is 0. The Morgan fingerprint density at radius 2 is 1.10 bits per heavy atom. The average Bonchev–Trinajstić information content (AvgIpc) is 3.42. The second-order valence-corrected chi connectivity index (χ2v) is 13.7. The van der Waals surface area contributed by atoms with Gasteiger partial charge in [-0.15, -0.1) is 0 Å². The van der Waals surface area contributed by atoms with E-state index in [-0.39, 0.29) is 5.41 Å². The number of nitrogens with zero attached hydrogens (tertiary/aromatic N) is 4. The van der Waals surface area contributed by atoms with Crippen LogP contribution in [0.3, 0.4) is 0 Å². The number of aromatic nitrogens is 3. The van der Waals surface area contributed by atoms with Crippen molar-refractivity contribution in [1.82, 2.24) is 15.0 Å². The SMILES string of the molecule is CC1(C)c2cc(C#N)ccc2-c2ccc(-c3cc(-c4ccc5ccncc5c4)cc(-c4cc(-c5ccccc5)nc(-c5ccccc5)n4)c3)cc21. The third-order valence-electron chi connectivity index (χ3n) is 10.2. The largest absolute Gasteiger partial charge is 0.264 e. The summed E-state index contributed by atoms with van der Waals surface area (Å²) in [5.74, 6) is 0.685. The minimum atomic E-state index is -0.249. The Hall–Kier alpha value is -6.70. The quantitative estimate of drug-likeness (QED) is 0.186. The number of fused-ring (bicyclic) bond motifs is 4. The summed E-state index contributed by atoms with van der Waals surface area (Å²) in [6.07, 6.45) is 3.75. The molecule has 0 unspecified atom stereocenters. The molecule has 4 nitrogen and oxygen atoms in total. The molecule has 2 heterocycles. The van der Waals surface area contributed by atoms with Crippen molar-refractivity contribution in [2.24, 2.45) is 0 Å². The highest BCUT2D eigenvalue weighted by atomic mass is 14.9. The molecule has 0 saturated carbocycles. The van der Waals surface area contributed by atoms with E-state index in [1.807, 2.05) is 67.0 Å². The van der Waals surface area contributed by atoms with Gasteiger partial charge in [-0.25, -0.2) is 9.97 Å². The minimum Gasteiger partial charge on any atom is -0.264 e. The van der Waals surface area contributed by atoms with Crippen molar-refractivity contribution in [2.45, 2.75) is 19.3 Å². The number of hydrogen-bond donors (Lipinski definition) is 0. The van der Waals surface area contributed by atoms with Gasteiger partial charge in [0.25, 0.3) is 0 Å². The molecule has 51 heavy (non-hydrogen) atoms. The van der Waals surface area contributed by atoms with Crippen molar-refractivity contribution in [1.29, 1.82) is 5.26 Å². The molecular formula is C47H32N4. The lowest BCUT2D eigenvalue weighted by Crippen LogP contribution is -2.15. The Morgan fingerprint density at radius 1 is 0.490 bits per heavy atom. The lowest BCUT2D eigenvalue weighted by Gasteiger charge is -2.22. The summed E-state index contributed by atoms with van der Waals surface area (Å²) in [4.78, 5) is 14.6. The number of hydrogen-bond acceptors (Lipinski definition) is 4. The van der Waals surface area contributed by atoms with Gasteiger partial charge in [-0.2, -0.15) is 5.26 Å². The summed E-state index contributed by atoms with van der Waals surface area (Å²) in [6.45, 7) is 4.51. The third kappa shape index (κ3) is 5.37. The maximum absolute atomic E-state index is 9.65. The van der Waals surface area contributed by atoms with Crippen LogP contribution in [0, 0.1) is 11.3 Å². The Labute approximate surface area is 297 Å². The van der Waals surface area contributed by atoms with Crippen LogP contribution in [0.1, 0.15) is 30.5 Å². The zero-order valence-corrected chi connectivity index (χ0v) is 28.3. The minimum absolute atomic E-state index is 0.249. The highest BCUT2D eigenvalue weighted by Gasteiger charge is 2.35. The standard InChI is InChI=1S/C47H32N4/c1-47(2)42-21-30(28-48)13-17-40(42)41-18-16-35(26-43(41)47)37-23-36(34-15-14-31-19-20-49-29-39(31)22-34)24-38(25-37)45-27-44(32-9-5-3-6-10-32)50-46(51-45)33-11-7-4-8-12-33/h3-27,29H,1-2H3. The zero-order chi connectivity index (χ0) is 34.5. The van der Waals surface area contributed by atoms with Crippen molar-refractivity contribution in [2.75, 3.05) is 0 Å². The van der Waals surface area contributed by atoms with Gasteiger partial charge in [0.05, 0.1) is 23.0 Å². The first-order valence-corrected chi connectivity index (χ1v) is 17.1. The highest BCUT2D eigenvalue weighted by molar-refractivity contribution is 5.90. The maximum Gasteiger partial charge on any atom is 0.160 e. The molecule has 0 radical (unpaired) electrons. The van der Waals surface area contributed by atoms with E-state index in [2.05, 4.69) is 116 Å². The fourth-order valence-corrected chi connectivity index (χ4v) is 7.43. The molecule has 8 aromatic rings. The first kappa shape index (κ1) is 30.4. The van der Waals surface area contributed by atoms with Gasteiger partial charge in [-0.3, -0.25) is 4.98 Å². The summed E-state index contributed by atoms with van der Waals surface area (Å²) in [6, 6.07) is 53.1. The fraction of sp³-hybridized carbons (Fsp3) is 0.0638. The van der Waals surface area contributed by atoms with Crippen molar-refractivity contribution in [3.63, 3.8) is 0 Å². The molecule has 0 N–H and O–H groups in total. The highest BCUT2D eigenvalue weighted by Crippen LogP contribution is 2.50. The summed E-state index contributed by atoms with van der Waals surface area (Å²) >= 11 is 0. The van der Waals surface area contributed by atoms with Crippen LogP contribution in [-0.2, 0) is 5.41 Å². The Balaban J connectivity index is 1.25. The molecule has 1 aliphatic carbocycles. The van der Waals surface area contributed by atoms with Crippen molar-refractivity contribution in [3.05, 3.63) is 175 Å². The molecule has 0 saturated heterocycles. The van der Waals surface area contributed by atoms with E-state index in [9.17, 15) is 5.26 Å². The van der Waals surface area contributed by atoms with Crippen LogP contribution < -0.4 is 0 Å². The zero-order valence-electron chi connectivity index (χ0n) is 28.3. The molecule has 0 bridgehead atoms. The average molecular weight is 653 g/mol. The van der Waals surface area contributed by atoms with Crippen molar-refractivity contribution in [3.8, 4) is 73.4 Å². The summed E-state index contributed by atoms with van der Waals surface area (Å²) in [5, 5.41) is 11.9. The van der Waals surface area contributed by atoms with Gasteiger partial charge in [0.15, 0.2) is 5.82 Å². The molecule has 0 amide bonds. The second kappa shape index (κ2) is 12.0. The van der Waals surface area contributed by atoms with E-state index in [1.54, 1.807) is 0 Å². The smallest absolute Gasteiger partial charge is 0.160 e. The topological polar surface area (TPSA) is 62.5 Å². The van der Waals surface area contributed by atoms with Gasteiger partial charge < -0.3 is 0 Å². The number of nitriles is 1. The van der Waals surface area contributed by atoms with Gasteiger partial charge >= 0.3 is 0 Å². The van der Waals surface area contributed by atoms with Crippen LogP contribution in [-0.4, -0.2) is 15.0 Å². The number of rotatable bonds is 5. The number of pyridine rings is 1. The van der Waals surface area contributed by atoms with Crippen LogP contribution in [0.2, 0.25) is 0 Å². The van der Waals surface area contributed by atoms with E-state index in [0.717, 1.165) is 61.1 Å². The third-order valence-corrected chi connectivity index (χ3v) is 10.2.